The third-order valence-corrected chi connectivity index (χ3v) is 7.17. The van der Waals surface area contributed by atoms with E-state index in [1.807, 2.05) is 31.2 Å². The molecule has 3 aromatic carbocycles. The van der Waals surface area contributed by atoms with E-state index in [-0.39, 0.29) is 23.4 Å². The van der Waals surface area contributed by atoms with Crippen LogP contribution in [0.5, 0.6) is 5.75 Å². The molecule has 8 heteroatoms. The predicted molar refractivity (Wildman–Crippen MR) is 144 cm³/mol. The fraction of sp³-hybridized carbons (Fsp3) is 0.200. The van der Waals surface area contributed by atoms with Crippen molar-refractivity contribution in [1.82, 2.24) is 14.0 Å². The Balaban J connectivity index is 1.50. The summed E-state index contributed by atoms with van der Waals surface area (Å²) in [7, 11) is 0. The Morgan fingerprint density at radius 3 is 2.29 bits per heavy atom. The summed E-state index contributed by atoms with van der Waals surface area (Å²) in [5.41, 5.74) is 2.63. The first-order valence-corrected chi connectivity index (χ1v) is 12.8. The van der Waals surface area contributed by atoms with Crippen molar-refractivity contribution in [2.75, 3.05) is 6.61 Å². The number of fused-ring (bicyclic) bond motifs is 1. The van der Waals surface area contributed by atoms with Crippen LogP contribution >= 0.6 is 11.6 Å². The molecule has 6 rings (SSSR count). The van der Waals surface area contributed by atoms with Crippen molar-refractivity contribution in [2.24, 2.45) is 5.92 Å². The van der Waals surface area contributed by atoms with Gasteiger partial charge in [-0.2, -0.15) is 0 Å². The number of hydrogen-bond donors (Lipinski definition) is 0. The molecule has 0 saturated heterocycles. The Kier molecular flexibility index (Phi) is 6.24. The van der Waals surface area contributed by atoms with Gasteiger partial charge in [-0.3, -0.25) is 4.79 Å². The number of hydrogen-bond acceptors (Lipinski definition) is 3. The summed E-state index contributed by atoms with van der Waals surface area (Å²) in [6.07, 6.45) is 4.02. The predicted octanol–water partition coefficient (Wildman–Crippen LogP) is 6.91. The fourth-order valence-corrected chi connectivity index (χ4v) is 4.72. The Hall–Kier alpha value is -3.97. The Morgan fingerprint density at radius 2 is 1.63 bits per heavy atom. The summed E-state index contributed by atoms with van der Waals surface area (Å²) >= 11 is 6.06. The summed E-state index contributed by atoms with van der Waals surface area (Å²) in [4.78, 5) is 18.5. The molecule has 0 amide bonds. The zero-order valence-corrected chi connectivity index (χ0v) is 21.4. The molecule has 1 aliphatic carbocycles. The molecule has 1 fully saturated rings. The van der Waals surface area contributed by atoms with Crippen molar-refractivity contribution in [3.63, 3.8) is 0 Å². The van der Waals surface area contributed by atoms with Crippen molar-refractivity contribution in [3.8, 4) is 28.1 Å². The van der Waals surface area contributed by atoms with E-state index in [1.165, 1.54) is 35.4 Å². The number of imidazole rings is 1. The van der Waals surface area contributed by atoms with Crippen molar-refractivity contribution in [2.45, 2.75) is 26.3 Å². The van der Waals surface area contributed by atoms with Gasteiger partial charge in [-0.15, -0.1) is 0 Å². The summed E-state index contributed by atoms with van der Waals surface area (Å²) < 4.78 is 38.2. The molecular formula is C30H24ClF2N3O2. The number of aryl methyl sites for hydroxylation is 1. The smallest absolute Gasteiger partial charge is 0.267 e. The van der Waals surface area contributed by atoms with E-state index in [9.17, 15) is 13.6 Å². The highest BCUT2D eigenvalue weighted by Crippen LogP contribution is 2.31. The van der Waals surface area contributed by atoms with Crippen LogP contribution in [0.4, 0.5) is 8.78 Å². The molecular weight excluding hydrogens is 508 g/mol. The molecule has 0 atom stereocenters. The van der Waals surface area contributed by atoms with Crippen LogP contribution in [-0.2, 0) is 6.54 Å². The van der Waals surface area contributed by atoms with Gasteiger partial charge in [0.25, 0.3) is 5.56 Å². The molecule has 1 saturated carbocycles. The van der Waals surface area contributed by atoms with Gasteiger partial charge >= 0.3 is 0 Å². The molecule has 0 N–H and O–H groups in total. The quantitative estimate of drug-likeness (QED) is 0.229. The van der Waals surface area contributed by atoms with Crippen LogP contribution in [0.2, 0.25) is 5.02 Å². The van der Waals surface area contributed by atoms with Gasteiger partial charge in [-0.25, -0.2) is 18.2 Å². The molecule has 5 aromatic rings. The lowest BCUT2D eigenvalue weighted by molar-refractivity contribution is 0.300. The van der Waals surface area contributed by atoms with Gasteiger partial charge in [-0.1, -0.05) is 29.8 Å². The van der Waals surface area contributed by atoms with Crippen LogP contribution < -0.4 is 10.3 Å². The minimum absolute atomic E-state index is 0.112. The second kappa shape index (κ2) is 9.72. The van der Waals surface area contributed by atoms with Crippen LogP contribution in [0.1, 0.15) is 24.1 Å². The highest BCUT2D eigenvalue weighted by Gasteiger charge is 2.22. The number of nitrogens with zero attached hydrogens (tertiary/aromatic N) is 3. The largest absolute Gasteiger partial charge is 0.493 e. The molecule has 0 bridgehead atoms. The van der Waals surface area contributed by atoms with Crippen LogP contribution in [0.3, 0.4) is 0 Å². The lowest BCUT2D eigenvalue weighted by Crippen LogP contribution is -2.21. The number of aromatic nitrogens is 3. The molecule has 0 aliphatic heterocycles. The van der Waals surface area contributed by atoms with Crippen LogP contribution in [0, 0.1) is 24.5 Å². The second-order valence-electron chi connectivity index (χ2n) is 9.64. The molecule has 2 aromatic heterocycles. The van der Waals surface area contributed by atoms with E-state index in [2.05, 4.69) is 0 Å². The molecule has 2 heterocycles. The number of ether oxygens (including phenoxy) is 1. The zero-order valence-electron chi connectivity index (χ0n) is 20.6. The van der Waals surface area contributed by atoms with E-state index in [0.29, 0.717) is 40.1 Å². The lowest BCUT2D eigenvalue weighted by Gasteiger charge is -2.13. The maximum absolute atomic E-state index is 14.6. The molecule has 0 unspecified atom stereocenters. The summed E-state index contributed by atoms with van der Waals surface area (Å²) in [5.74, 6) is 0.384. The maximum Gasteiger partial charge on any atom is 0.267 e. The average Bonchev–Trinajstić information content (AvgIpc) is 3.68. The Morgan fingerprint density at radius 1 is 0.974 bits per heavy atom. The van der Waals surface area contributed by atoms with Crippen molar-refractivity contribution in [1.29, 1.82) is 0 Å². The van der Waals surface area contributed by atoms with Crippen molar-refractivity contribution in [3.05, 3.63) is 111 Å². The normalized spacial score (nSPS) is 13.3. The van der Waals surface area contributed by atoms with Crippen molar-refractivity contribution < 1.29 is 13.5 Å². The highest BCUT2D eigenvalue weighted by molar-refractivity contribution is 6.30. The summed E-state index contributed by atoms with van der Waals surface area (Å²) in [5, 5.41) is 0.536. The fourth-order valence-electron chi connectivity index (χ4n) is 4.59. The second-order valence-corrected chi connectivity index (χ2v) is 10.1. The number of halogens is 3. The standard InChI is InChI=1S/C30H24ClF2N3O2/c1-18-28(21-9-13-23(14-10-21)38-17-19-5-6-19)34-30-35(16-25-26(32)3-2-4-27(25)33)15-24(29(37)36(18)30)20-7-11-22(31)12-8-20/h2-4,7-15,19H,5-6,16-17H2,1H3. The first-order chi connectivity index (χ1) is 18.4. The first kappa shape index (κ1) is 24.4. The third-order valence-electron chi connectivity index (χ3n) is 6.92. The number of rotatable bonds is 7. The SMILES string of the molecule is Cc1c(-c2ccc(OCC3CC3)cc2)nc2n(Cc3c(F)cccc3F)cc(-c3ccc(Cl)cc3)c(=O)n12. The van der Waals surface area contributed by atoms with Crippen LogP contribution in [-0.4, -0.2) is 20.6 Å². The molecule has 38 heavy (non-hydrogen) atoms. The van der Waals surface area contributed by atoms with Crippen LogP contribution in [0.15, 0.2) is 77.7 Å². The van der Waals surface area contributed by atoms with Crippen molar-refractivity contribution >= 4 is 17.4 Å². The molecule has 0 spiro atoms. The molecule has 1 aliphatic rings. The van der Waals surface area contributed by atoms with Gasteiger partial charge in [0.15, 0.2) is 0 Å². The van der Waals surface area contributed by atoms with Crippen LogP contribution in [0.25, 0.3) is 28.2 Å². The number of benzene rings is 3. The van der Waals surface area contributed by atoms with Gasteiger partial charge in [0.05, 0.1) is 30.1 Å². The van der Waals surface area contributed by atoms with E-state index < -0.39 is 11.6 Å². The minimum atomic E-state index is -0.666. The first-order valence-electron chi connectivity index (χ1n) is 12.4. The molecule has 192 valence electrons. The third kappa shape index (κ3) is 4.58. The maximum atomic E-state index is 14.6. The van der Waals surface area contributed by atoms with Gasteiger partial charge in [-0.05, 0) is 79.8 Å². The van der Waals surface area contributed by atoms with Gasteiger partial charge in [0, 0.05) is 22.3 Å². The lowest BCUT2D eigenvalue weighted by atomic mass is 10.1. The minimum Gasteiger partial charge on any atom is -0.493 e. The topological polar surface area (TPSA) is 48.5 Å². The van der Waals surface area contributed by atoms with Gasteiger partial charge in [0.2, 0.25) is 5.78 Å². The van der Waals surface area contributed by atoms with Gasteiger partial charge < -0.3 is 9.30 Å². The average molecular weight is 532 g/mol. The Labute approximate surface area is 222 Å². The molecule has 5 nitrogen and oxygen atoms in total. The summed E-state index contributed by atoms with van der Waals surface area (Å²) in [6.45, 7) is 2.38. The monoisotopic (exact) mass is 531 g/mol. The molecule has 0 radical (unpaired) electrons. The van der Waals surface area contributed by atoms with E-state index >= 15 is 0 Å². The zero-order chi connectivity index (χ0) is 26.4. The Bertz CT molecular complexity index is 1690. The van der Waals surface area contributed by atoms with E-state index in [1.54, 1.807) is 35.0 Å². The van der Waals surface area contributed by atoms with E-state index in [4.69, 9.17) is 21.3 Å². The summed E-state index contributed by atoms with van der Waals surface area (Å²) in [6, 6.07) is 18.2. The van der Waals surface area contributed by atoms with E-state index in [0.717, 1.165) is 11.3 Å². The van der Waals surface area contributed by atoms with Gasteiger partial charge in [0.1, 0.15) is 17.4 Å². The highest BCUT2D eigenvalue weighted by atomic mass is 35.5.